The Bertz CT molecular complexity index is 702. The van der Waals surface area contributed by atoms with E-state index in [-0.39, 0.29) is 18.5 Å². The second-order valence-corrected chi connectivity index (χ2v) is 15.2. The van der Waals surface area contributed by atoms with Crippen molar-refractivity contribution in [2.45, 2.75) is 264 Å². The van der Waals surface area contributed by atoms with Crippen molar-refractivity contribution in [2.24, 2.45) is 0 Å². The van der Waals surface area contributed by atoms with Gasteiger partial charge in [0.15, 0.2) is 0 Å². The number of hydrogen-bond acceptors (Lipinski definition) is 3. The number of carboxylic acid groups (broad SMARTS) is 1. The molecule has 0 heterocycles. The molecule has 0 bridgehead atoms. The Morgan fingerprint density at radius 1 is 0.429 bits per heavy atom. The maximum atomic E-state index is 12.7. The first kappa shape index (κ1) is 47.7. The number of esters is 1. The van der Waals surface area contributed by atoms with E-state index in [0.29, 0.717) is 6.42 Å². The Morgan fingerprint density at radius 2 is 0.735 bits per heavy atom. The van der Waals surface area contributed by atoms with Crippen LogP contribution in [0.3, 0.4) is 0 Å². The standard InChI is InChI=1S/C45H86O4/c1-3-5-7-9-11-13-15-17-19-21-23-25-27-29-34-38-42-45(48)49-43(40-36-32-30-33-37-41-44(46)47)39-35-31-28-26-24-22-20-18-16-14-12-10-8-6-4-2/h22,24,43H,3-21,23,25-42H2,1-2H3,(H,46,47)/b24-22-. The van der Waals surface area contributed by atoms with Gasteiger partial charge in [-0.1, -0.05) is 193 Å². The van der Waals surface area contributed by atoms with Gasteiger partial charge in [0.2, 0.25) is 0 Å². The smallest absolute Gasteiger partial charge is 0.306 e. The number of carbonyl (C=O) groups is 2. The van der Waals surface area contributed by atoms with Gasteiger partial charge in [-0.2, -0.15) is 0 Å². The lowest BCUT2D eigenvalue weighted by Crippen LogP contribution is -2.18. The van der Waals surface area contributed by atoms with Gasteiger partial charge >= 0.3 is 11.9 Å². The number of hydrogen-bond donors (Lipinski definition) is 1. The van der Waals surface area contributed by atoms with Crippen LogP contribution in [0, 0.1) is 0 Å². The van der Waals surface area contributed by atoms with Crippen LogP contribution in [0.5, 0.6) is 0 Å². The fraction of sp³-hybridized carbons (Fsp3) is 0.911. The van der Waals surface area contributed by atoms with Crippen LogP contribution in [-0.2, 0) is 14.3 Å². The monoisotopic (exact) mass is 691 g/mol. The van der Waals surface area contributed by atoms with Crippen LogP contribution in [0.4, 0.5) is 0 Å². The number of ether oxygens (including phenoxy) is 1. The van der Waals surface area contributed by atoms with Gasteiger partial charge in [-0.15, -0.1) is 0 Å². The number of rotatable bonds is 41. The predicted octanol–water partition coefficient (Wildman–Crippen LogP) is 15.4. The highest BCUT2D eigenvalue weighted by Crippen LogP contribution is 2.19. The minimum absolute atomic E-state index is 0.000662. The Balaban J connectivity index is 4.00. The molecule has 0 saturated carbocycles. The van der Waals surface area contributed by atoms with Gasteiger partial charge in [0, 0.05) is 12.8 Å². The zero-order valence-electron chi connectivity index (χ0n) is 33.3. The molecule has 1 atom stereocenters. The summed E-state index contributed by atoms with van der Waals surface area (Å²) in [5.74, 6) is -0.698. The van der Waals surface area contributed by atoms with Crippen molar-refractivity contribution in [1.82, 2.24) is 0 Å². The molecule has 0 rings (SSSR count). The summed E-state index contributed by atoms with van der Waals surface area (Å²) < 4.78 is 6.02. The normalized spacial score (nSPS) is 12.2. The van der Waals surface area contributed by atoms with Crippen LogP contribution in [0.1, 0.15) is 258 Å². The SMILES string of the molecule is CCCCCCCCCC/C=C\CCCCCC(CCCCCCCC(=O)O)OC(=O)CCCCCCCCCCCCCCCCCC. The molecule has 0 aromatic carbocycles. The fourth-order valence-electron chi connectivity index (χ4n) is 6.95. The summed E-state index contributed by atoms with van der Waals surface area (Å²) in [4.78, 5) is 23.5. The van der Waals surface area contributed by atoms with Crippen LogP contribution >= 0.6 is 0 Å². The van der Waals surface area contributed by atoms with E-state index in [2.05, 4.69) is 26.0 Å². The highest BCUT2D eigenvalue weighted by atomic mass is 16.5. The van der Waals surface area contributed by atoms with Gasteiger partial charge < -0.3 is 9.84 Å². The third-order valence-electron chi connectivity index (χ3n) is 10.2. The lowest BCUT2D eigenvalue weighted by Gasteiger charge is -2.18. The van der Waals surface area contributed by atoms with Crippen molar-refractivity contribution >= 4 is 11.9 Å². The predicted molar refractivity (Wildman–Crippen MR) is 213 cm³/mol. The zero-order valence-corrected chi connectivity index (χ0v) is 33.3. The van der Waals surface area contributed by atoms with Crippen molar-refractivity contribution in [3.63, 3.8) is 0 Å². The molecule has 0 spiro atoms. The van der Waals surface area contributed by atoms with Crippen LogP contribution < -0.4 is 0 Å². The summed E-state index contributed by atoms with van der Waals surface area (Å²) >= 11 is 0. The van der Waals surface area contributed by atoms with Gasteiger partial charge in [0.1, 0.15) is 6.10 Å². The van der Waals surface area contributed by atoms with E-state index in [9.17, 15) is 9.59 Å². The minimum atomic E-state index is -0.699. The highest BCUT2D eigenvalue weighted by molar-refractivity contribution is 5.69. The van der Waals surface area contributed by atoms with E-state index in [4.69, 9.17) is 9.84 Å². The molecule has 0 aromatic heterocycles. The number of unbranched alkanes of at least 4 members (excludes halogenated alkanes) is 30. The molecule has 4 nitrogen and oxygen atoms in total. The summed E-state index contributed by atoms with van der Waals surface area (Å²) in [7, 11) is 0. The molecular formula is C45H86O4. The summed E-state index contributed by atoms with van der Waals surface area (Å²) in [5, 5.41) is 8.84. The fourth-order valence-corrected chi connectivity index (χ4v) is 6.95. The van der Waals surface area contributed by atoms with Gasteiger partial charge in [0.25, 0.3) is 0 Å². The van der Waals surface area contributed by atoms with E-state index in [1.54, 1.807) is 0 Å². The van der Waals surface area contributed by atoms with Crippen LogP contribution in [-0.4, -0.2) is 23.1 Å². The topological polar surface area (TPSA) is 63.6 Å². The van der Waals surface area contributed by atoms with Crippen molar-refractivity contribution in [3.05, 3.63) is 12.2 Å². The van der Waals surface area contributed by atoms with Crippen molar-refractivity contribution < 1.29 is 19.4 Å². The van der Waals surface area contributed by atoms with Crippen LogP contribution in [0.15, 0.2) is 12.2 Å². The average molecular weight is 691 g/mol. The van der Waals surface area contributed by atoms with E-state index in [1.807, 2.05) is 0 Å². The highest BCUT2D eigenvalue weighted by Gasteiger charge is 2.14. The molecule has 0 aliphatic heterocycles. The molecule has 290 valence electrons. The van der Waals surface area contributed by atoms with E-state index >= 15 is 0 Å². The molecule has 4 heteroatoms. The number of carbonyl (C=O) groups excluding carboxylic acids is 1. The van der Waals surface area contributed by atoms with Crippen molar-refractivity contribution in [1.29, 1.82) is 0 Å². The molecular weight excluding hydrogens is 604 g/mol. The van der Waals surface area contributed by atoms with Crippen molar-refractivity contribution in [3.8, 4) is 0 Å². The van der Waals surface area contributed by atoms with Gasteiger partial charge in [-0.25, -0.2) is 0 Å². The number of allylic oxidation sites excluding steroid dienone is 2. The zero-order chi connectivity index (χ0) is 35.7. The molecule has 0 saturated heterocycles. The second-order valence-electron chi connectivity index (χ2n) is 15.2. The van der Waals surface area contributed by atoms with E-state index in [0.717, 1.165) is 70.6 Å². The van der Waals surface area contributed by atoms with Gasteiger partial charge in [-0.3, -0.25) is 9.59 Å². The van der Waals surface area contributed by atoms with Crippen LogP contribution in [0.2, 0.25) is 0 Å². The molecule has 0 aliphatic rings. The summed E-state index contributed by atoms with van der Waals surface area (Å²) in [5.41, 5.74) is 0. The van der Waals surface area contributed by atoms with E-state index < -0.39 is 5.97 Å². The molecule has 0 fully saturated rings. The Morgan fingerprint density at radius 3 is 1.12 bits per heavy atom. The number of carboxylic acids is 1. The molecule has 1 N–H and O–H groups in total. The first-order valence-electron chi connectivity index (χ1n) is 22.2. The first-order chi connectivity index (χ1) is 24.1. The maximum Gasteiger partial charge on any atom is 0.306 e. The Hall–Kier alpha value is -1.32. The van der Waals surface area contributed by atoms with Gasteiger partial charge in [0.05, 0.1) is 0 Å². The first-order valence-corrected chi connectivity index (χ1v) is 22.2. The summed E-state index contributed by atoms with van der Waals surface area (Å²) in [6, 6.07) is 0. The third-order valence-corrected chi connectivity index (χ3v) is 10.2. The molecule has 1 unspecified atom stereocenters. The van der Waals surface area contributed by atoms with E-state index in [1.165, 1.54) is 161 Å². The molecule has 0 aromatic rings. The summed E-state index contributed by atoms with van der Waals surface area (Å²) in [6.45, 7) is 4.57. The van der Waals surface area contributed by atoms with Gasteiger partial charge in [-0.05, 0) is 64.2 Å². The van der Waals surface area contributed by atoms with Crippen LogP contribution in [0.25, 0.3) is 0 Å². The quantitative estimate of drug-likeness (QED) is 0.0394. The molecule has 0 amide bonds. The Kier molecular flexibility index (Phi) is 40.0. The molecule has 49 heavy (non-hydrogen) atoms. The largest absolute Gasteiger partial charge is 0.481 e. The summed E-state index contributed by atoms with van der Waals surface area (Å²) in [6.07, 6.45) is 51.0. The van der Waals surface area contributed by atoms with Crippen molar-refractivity contribution in [2.75, 3.05) is 0 Å². The second kappa shape index (κ2) is 41.1. The lowest BCUT2D eigenvalue weighted by molar-refractivity contribution is -0.150. The minimum Gasteiger partial charge on any atom is -0.481 e. The third kappa shape index (κ3) is 41.0. The maximum absolute atomic E-state index is 12.7. The average Bonchev–Trinajstić information content (AvgIpc) is 3.09. The number of aliphatic carboxylic acids is 1. The molecule has 0 aliphatic carbocycles. The Labute approximate surface area is 306 Å². The molecule has 0 radical (unpaired) electrons. The lowest BCUT2D eigenvalue weighted by atomic mass is 10.0.